The molecule has 4 rings (SSSR count). The van der Waals surface area contributed by atoms with Crippen LogP contribution < -0.4 is 0 Å². The molecule has 0 radical (unpaired) electrons. The fraction of sp³-hybridized carbons (Fsp3) is 0.524. The minimum absolute atomic E-state index is 0.355. The number of hydrogen-bond acceptors (Lipinski definition) is 5. The van der Waals surface area contributed by atoms with E-state index in [9.17, 15) is 0 Å². The van der Waals surface area contributed by atoms with Crippen molar-refractivity contribution in [2.45, 2.75) is 19.6 Å². The fourth-order valence-corrected chi connectivity index (χ4v) is 4.62. The van der Waals surface area contributed by atoms with Gasteiger partial charge in [-0.05, 0) is 44.3 Å². The van der Waals surface area contributed by atoms with Crippen LogP contribution in [-0.4, -0.2) is 59.6 Å². The lowest BCUT2D eigenvalue weighted by Crippen LogP contribution is -2.36. The first-order valence-electron chi connectivity index (χ1n) is 9.52. The fourth-order valence-electron chi connectivity index (χ4n) is 4.62. The van der Waals surface area contributed by atoms with E-state index < -0.39 is 0 Å². The van der Waals surface area contributed by atoms with Crippen LogP contribution in [0.3, 0.4) is 0 Å². The third kappa shape index (κ3) is 3.95. The maximum atomic E-state index is 6.07. The van der Waals surface area contributed by atoms with Crippen LogP contribution in [0.15, 0.2) is 48.8 Å². The lowest BCUT2D eigenvalue weighted by Gasteiger charge is -2.30. The number of rotatable bonds is 6. The molecule has 5 nitrogen and oxygen atoms in total. The van der Waals surface area contributed by atoms with Crippen molar-refractivity contribution < 1.29 is 4.74 Å². The summed E-state index contributed by atoms with van der Waals surface area (Å²) in [6.45, 7) is 6.97. The van der Waals surface area contributed by atoms with E-state index in [2.05, 4.69) is 38.9 Å². The predicted octanol–water partition coefficient (Wildman–Crippen LogP) is 2.45. The molecule has 2 fully saturated rings. The highest BCUT2D eigenvalue weighted by Crippen LogP contribution is 2.43. The monoisotopic (exact) mass is 352 g/mol. The van der Waals surface area contributed by atoms with Gasteiger partial charge in [0.05, 0.1) is 24.6 Å². The number of likely N-dealkylation sites (tertiary alicyclic amines) is 2. The van der Waals surface area contributed by atoms with Crippen molar-refractivity contribution in [2.75, 3.05) is 39.8 Å². The molecular formula is C21H28N4O. The predicted molar refractivity (Wildman–Crippen MR) is 101 cm³/mol. The Morgan fingerprint density at radius 3 is 2.58 bits per heavy atom. The molecule has 1 spiro atoms. The zero-order valence-corrected chi connectivity index (χ0v) is 15.6. The molecule has 0 N–H and O–H groups in total. The summed E-state index contributed by atoms with van der Waals surface area (Å²) in [6.07, 6.45) is 4.97. The molecule has 0 aliphatic carbocycles. The maximum absolute atomic E-state index is 6.07. The Bertz CT molecular complexity index is 696. The Morgan fingerprint density at radius 1 is 1.08 bits per heavy atom. The summed E-state index contributed by atoms with van der Waals surface area (Å²) < 4.78 is 6.07. The third-order valence-corrected chi connectivity index (χ3v) is 5.85. The van der Waals surface area contributed by atoms with E-state index in [1.165, 1.54) is 18.7 Å². The van der Waals surface area contributed by atoms with E-state index >= 15 is 0 Å². The van der Waals surface area contributed by atoms with Crippen molar-refractivity contribution in [1.82, 2.24) is 19.8 Å². The van der Waals surface area contributed by atoms with E-state index in [-0.39, 0.29) is 0 Å². The minimum atomic E-state index is 0.355. The number of ether oxygens (including phenoxy) is 1. The van der Waals surface area contributed by atoms with Crippen molar-refractivity contribution in [2.24, 2.45) is 11.3 Å². The second kappa shape index (κ2) is 7.82. The molecule has 2 atom stereocenters. The Labute approximate surface area is 156 Å². The molecule has 138 valence electrons. The van der Waals surface area contributed by atoms with Crippen LogP contribution in [0.1, 0.15) is 17.8 Å². The van der Waals surface area contributed by atoms with Gasteiger partial charge in [-0.25, -0.2) is 0 Å². The van der Waals surface area contributed by atoms with E-state index in [1.807, 2.05) is 36.7 Å². The lowest BCUT2D eigenvalue weighted by atomic mass is 9.77. The molecule has 0 saturated carbocycles. The van der Waals surface area contributed by atoms with Crippen molar-refractivity contribution in [1.29, 1.82) is 0 Å². The van der Waals surface area contributed by atoms with Gasteiger partial charge in [-0.15, -0.1) is 0 Å². The van der Waals surface area contributed by atoms with Crippen molar-refractivity contribution in [3.8, 4) is 0 Å². The summed E-state index contributed by atoms with van der Waals surface area (Å²) >= 11 is 0. The molecule has 2 aliphatic heterocycles. The van der Waals surface area contributed by atoms with Gasteiger partial charge in [-0.2, -0.15) is 0 Å². The number of hydrogen-bond donors (Lipinski definition) is 0. The van der Waals surface area contributed by atoms with Crippen molar-refractivity contribution >= 4 is 0 Å². The number of nitrogens with zero attached hydrogens (tertiary/aromatic N) is 4. The Hall–Kier alpha value is -1.82. The second-order valence-corrected chi connectivity index (χ2v) is 7.87. The summed E-state index contributed by atoms with van der Waals surface area (Å²) in [5, 5.41) is 0. The molecule has 2 aromatic heterocycles. The van der Waals surface area contributed by atoms with Gasteiger partial charge in [0.15, 0.2) is 0 Å². The van der Waals surface area contributed by atoms with Crippen LogP contribution in [0.2, 0.25) is 0 Å². The Kier molecular flexibility index (Phi) is 5.29. The molecule has 0 unspecified atom stereocenters. The van der Waals surface area contributed by atoms with Gasteiger partial charge in [0.25, 0.3) is 0 Å². The first-order valence-corrected chi connectivity index (χ1v) is 9.52. The van der Waals surface area contributed by atoms with E-state index in [0.717, 1.165) is 38.5 Å². The zero-order valence-electron chi connectivity index (χ0n) is 15.6. The van der Waals surface area contributed by atoms with E-state index in [4.69, 9.17) is 4.74 Å². The third-order valence-electron chi connectivity index (χ3n) is 5.85. The van der Waals surface area contributed by atoms with Crippen molar-refractivity contribution in [3.63, 3.8) is 0 Å². The Morgan fingerprint density at radius 2 is 1.85 bits per heavy atom. The average Bonchev–Trinajstić information content (AvgIpc) is 3.20. The molecule has 0 amide bonds. The standard InChI is InChI=1S/C21H28N4O/c1-24-12-18(14-26-15-20-7-3-5-10-23-20)21(16-24)8-11-25(17-21)13-19-6-2-4-9-22-19/h2-7,9-10,18H,8,11-17H2,1H3/t18-,21-/m1/s1. The number of pyridine rings is 2. The highest BCUT2D eigenvalue weighted by molar-refractivity contribution is 5.07. The highest BCUT2D eigenvalue weighted by Gasteiger charge is 2.49. The van der Waals surface area contributed by atoms with Crippen LogP contribution in [0.25, 0.3) is 0 Å². The zero-order chi connectivity index (χ0) is 17.8. The van der Waals surface area contributed by atoms with Crippen LogP contribution in [0.4, 0.5) is 0 Å². The molecule has 2 aromatic rings. The molecule has 26 heavy (non-hydrogen) atoms. The quantitative estimate of drug-likeness (QED) is 0.799. The summed E-state index contributed by atoms with van der Waals surface area (Å²) in [5.74, 6) is 0.588. The van der Waals surface area contributed by atoms with E-state index in [1.54, 1.807) is 0 Å². The first-order chi connectivity index (χ1) is 12.7. The minimum Gasteiger partial charge on any atom is -0.375 e. The van der Waals surface area contributed by atoms with Crippen LogP contribution in [-0.2, 0) is 17.9 Å². The molecule has 4 heterocycles. The Balaban J connectivity index is 1.35. The van der Waals surface area contributed by atoms with Crippen LogP contribution >= 0.6 is 0 Å². The average molecular weight is 352 g/mol. The van der Waals surface area contributed by atoms with Gasteiger partial charge < -0.3 is 9.64 Å². The lowest BCUT2D eigenvalue weighted by molar-refractivity contribution is 0.0501. The maximum Gasteiger partial charge on any atom is 0.0887 e. The van der Waals surface area contributed by atoms with Crippen LogP contribution in [0.5, 0.6) is 0 Å². The van der Waals surface area contributed by atoms with Gasteiger partial charge in [-0.1, -0.05) is 12.1 Å². The normalized spacial score (nSPS) is 26.7. The second-order valence-electron chi connectivity index (χ2n) is 7.87. The van der Waals surface area contributed by atoms with E-state index in [0.29, 0.717) is 17.9 Å². The molecule has 0 aromatic carbocycles. The SMILES string of the molecule is CN1C[C@H](COCc2ccccn2)[C@]2(CCN(Cc3ccccn3)C2)C1. The highest BCUT2D eigenvalue weighted by atomic mass is 16.5. The first kappa shape index (κ1) is 17.6. The largest absolute Gasteiger partial charge is 0.375 e. The summed E-state index contributed by atoms with van der Waals surface area (Å²) in [7, 11) is 2.24. The number of aromatic nitrogens is 2. The van der Waals surface area contributed by atoms with Gasteiger partial charge in [0.2, 0.25) is 0 Å². The summed E-state index contributed by atoms with van der Waals surface area (Å²) in [6, 6.07) is 12.2. The van der Waals surface area contributed by atoms with Gasteiger partial charge in [0.1, 0.15) is 0 Å². The molecule has 5 heteroatoms. The molecule has 0 bridgehead atoms. The topological polar surface area (TPSA) is 41.5 Å². The van der Waals surface area contributed by atoms with Gasteiger partial charge >= 0.3 is 0 Å². The smallest absolute Gasteiger partial charge is 0.0887 e. The molecular weight excluding hydrogens is 324 g/mol. The van der Waals surface area contributed by atoms with Crippen LogP contribution in [0, 0.1) is 11.3 Å². The van der Waals surface area contributed by atoms with Gasteiger partial charge in [-0.3, -0.25) is 14.9 Å². The molecule has 2 saturated heterocycles. The van der Waals surface area contributed by atoms with Gasteiger partial charge in [0, 0.05) is 49.9 Å². The molecule has 2 aliphatic rings. The van der Waals surface area contributed by atoms with Crippen molar-refractivity contribution in [3.05, 3.63) is 60.2 Å². The summed E-state index contributed by atoms with van der Waals surface area (Å²) in [5.41, 5.74) is 2.53. The summed E-state index contributed by atoms with van der Waals surface area (Å²) in [4.78, 5) is 13.9.